The Hall–Kier alpha value is -2.13. The lowest BCUT2D eigenvalue weighted by Crippen LogP contribution is -2.39. The monoisotopic (exact) mass is 407 g/mol. The Kier molecular flexibility index (Phi) is 8.09. The summed E-state index contributed by atoms with van der Waals surface area (Å²) in [5.41, 5.74) is 2.54. The van der Waals surface area contributed by atoms with E-state index in [0.717, 1.165) is 38.8 Å². The average Bonchev–Trinajstić information content (AvgIpc) is 2.75. The summed E-state index contributed by atoms with van der Waals surface area (Å²) in [5.74, 6) is 1.42. The molecule has 2 aromatic rings. The fraction of sp³-hybridized carbons (Fsp3) is 0.519. The van der Waals surface area contributed by atoms with E-state index in [0.29, 0.717) is 24.8 Å². The molecule has 3 heteroatoms. The van der Waals surface area contributed by atoms with Crippen LogP contribution in [0.25, 0.3) is 0 Å². The zero-order valence-electron chi connectivity index (χ0n) is 18.8. The third kappa shape index (κ3) is 6.70. The minimum Gasteiger partial charge on any atom is -0.376 e. The first-order chi connectivity index (χ1) is 14.5. The van der Waals surface area contributed by atoms with Crippen LogP contribution in [0, 0.1) is 11.8 Å². The van der Waals surface area contributed by atoms with E-state index in [9.17, 15) is 4.79 Å². The normalized spacial score (nSPS) is 19.2. The van der Waals surface area contributed by atoms with E-state index in [1.54, 1.807) is 0 Å². The van der Waals surface area contributed by atoms with Crippen LogP contribution in [0.4, 0.5) is 0 Å². The van der Waals surface area contributed by atoms with Crippen molar-refractivity contribution in [1.29, 1.82) is 0 Å². The third-order valence-electron chi connectivity index (χ3n) is 6.38. The highest BCUT2D eigenvalue weighted by Gasteiger charge is 2.33. The molecular weight excluding hydrogens is 370 g/mol. The van der Waals surface area contributed by atoms with Crippen molar-refractivity contribution in [3.05, 3.63) is 71.8 Å². The van der Waals surface area contributed by atoms with Gasteiger partial charge in [-0.15, -0.1) is 0 Å². The van der Waals surface area contributed by atoms with Gasteiger partial charge in [-0.2, -0.15) is 0 Å². The topological polar surface area (TPSA) is 29.5 Å². The Morgan fingerprint density at radius 1 is 1.07 bits per heavy atom. The summed E-state index contributed by atoms with van der Waals surface area (Å²) < 4.78 is 5.99. The molecule has 2 aromatic carbocycles. The number of ether oxygens (including phenoxy) is 1. The molecule has 3 rings (SSSR count). The van der Waals surface area contributed by atoms with Gasteiger partial charge < -0.3 is 9.64 Å². The van der Waals surface area contributed by atoms with Gasteiger partial charge in [-0.05, 0) is 62.5 Å². The minimum absolute atomic E-state index is 0.0547. The standard InChI is InChI=1S/C27H37NO2/c1-4-26(29)28(21-23-13-9-6-10-14-23)17-15-24(19-22-11-7-5-8-12-22)25-16-18-30-27(2,3)20-25/h5-14,24-25H,4,15-21H2,1-3H3/t24-,25+/m0/s1. The van der Waals surface area contributed by atoms with Crippen LogP contribution < -0.4 is 0 Å². The molecule has 1 saturated heterocycles. The molecule has 0 N–H and O–H groups in total. The molecule has 1 aliphatic rings. The fourth-order valence-electron chi connectivity index (χ4n) is 4.74. The Bertz CT molecular complexity index is 772. The lowest BCUT2D eigenvalue weighted by atomic mass is 9.75. The van der Waals surface area contributed by atoms with Gasteiger partial charge in [-0.3, -0.25) is 4.79 Å². The molecule has 162 valence electrons. The smallest absolute Gasteiger partial charge is 0.222 e. The number of hydrogen-bond donors (Lipinski definition) is 0. The molecule has 1 heterocycles. The quantitative estimate of drug-likeness (QED) is 0.519. The molecule has 1 fully saturated rings. The van der Waals surface area contributed by atoms with Crippen molar-refractivity contribution in [2.24, 2.45) is 11.8 Å². The van der Waals surface area contributed by atoms with Gasteiger partial charge in [0.15, 0.2) is 0 Å². The lowest BCUT2D eigenvalue weighted by molar-refractivity contribution is -0.132. The van der Waals surface area contributed by atoms with Crippen molar-refractivity contribution in [3.8, 4) is 0 Å². The highest BCUT2D eigenvalue weighted by Crippen LogP contribution is 2.36. The van der Waals surface area contributed by atoms with Crippen molar-refractivity contribution in [2.45, 2.75) is 65.0 Å². The van der Waals surface area contributed by atoms with Crippen molar-refractivity contribution >= 4 is 5.91 Å². The molecular formula is C27H37NO2. The maximum Gasteiger partial charge on any atom is 0.222 e. The largest absolute Gasteiger partial charge is 0.376 e. The number of benzene rings is 2. The Morgan fingerprint density at radius 2 is 1.70 bits per heavy atom. The maximum absolute atomic E-state index is 12.7. The van der Waals surface area contributed by atoms with Crippen LogP contribution in [-0.2, 0) is 22.5 Å². The first-order valence-corrected chi connectivity index (χ1v) is 11.5. The molecule has 2 atom stereocenters. The molecule has 0 aromatic heterocycles. The molecule has 3 nitrogen and oxygen atoms in total. The second kappa shape index (κ2) is 10.8. The predicted molar refractivity (Wildman–Crippen MR) is 123 cm³/mol. The Labute approximate surface area is 182 Å². The van der Waals surface area contributed by atoms with Crippen molar-refractivity contribution < 1.29 is 9.53 Å². The third-order valence-corrected chi connectivity index (χ3v) is 6.38. The molecule has 0 radical (unpaired) electrons. The summed E-state index contributed by atoms with van der Waals surface area (Å²) in [5, 5.41) is 0. The van der Waals surface area contributed by atoms with Crippen LogP contribution in [0.5, 0.6) is 0 Å². The molecule has 0 spiro atoms. The molecule has 0 bridgehead atoms. The Balaban J connectivity index is 1.72. The molecule has 0 unspecified atom stereocenters. The van der Waals surface area contributed by atoms with Gasteiger partial charge in [0, 0.05) is 26.1 Å². The predicted octanol–water partition coefficient (Wildman–Crippen LogP) is 5.88. The first-order valence-electron chi connectivity index (χ1n) is 11.5. The SMILES string of the molecule is CCC(=O)N(CC[C@@H](Cc1ccccc1)[C@@H]1CCOC(C)(C)C1)Cc1ccccc1. The summed E-state index contributed by atoms with van der Waals surface area (Å²) in [6.45, 7) is 8.73. The molecule has 30 heavy (non-hydrogen) atoms. The van der Waals surface area contributed by atoms with E-state index in [-0.39, 0.29) is 11.5 Å². The van der Waals surface area contributed by atoms with E-state index < -0.39 is 0 Å². The van der Waals surface area contributed by atoms with Gasteiger partial charge in [-0.1, -0.05) is 67.6 Å². The van der Waals surface area contributed by atoms with Crippen LogP contribution in [0.2, 0.25) is 0 Å². The average molecular weight is 408 g/mol. The highest BCUT2D eigenvalue weighted by atomic mass is 16.5. The number of carbonyl (C=O) groups excluding carboxylic acids is 1. The first kappa shape index (κ1) is 22.6. The second-order valence-corrected chi connectivity index (χ2v) is 9.25. The summed E-state index contributed by atoms with van der Waals surface area (Å²) >= 11 is 0. The van der Waals surface area contributed by atoms with E-state index in [4.69, 9.17) is 4.74 Å². The zero-order valence-corrected chi connectivity index (χ0v) is 18.8. The van der Waals surface area contributed by atoms with Crippen LogP contribution >= 0.6 is 0 Å². The van der Waals surface area contributed by atoms with Crippen molar-refractivity contribution in [3.63, 3.8) is 0 Å². The summed E-state index contributed by atoms with van der Waals surface area (Å²) in [4.78, 5) is 14.7. The van der Waals surface area contributed by atoms with Crippen LogP contribution in [0.3, 0.4) is 0 Å². The molecule has 1 amide bonds. The summed E-state index contributed by atoms with van der Waals surface area (Å²) in [6, 6.07) is 21.1. The number of carbonyl (C=O) groups is 1. The van der Waals surface area contributed by atoms with E-state index in [1.807, 2.05) is 25.1 Å². The van der Waals surface area contributed by atoms with E-state index >= 15 is 0 Å². The Morgan fingerprint density at radius 3 is 2.30 bits per heavy atom. The molecule has 0 aliphatic carbocycles. The fourth-order valence-corrected chi connectivity index (χ4v) is 4.74. The zero-order chi connectivity index (χ0) is 21.4. The number of nitrogens with zero attached hydrogens (tertiary/aromatic N) is 1. The number of rotatable bonds is 9. The minimum atomic E-state index is -0.0547. The van der Waals surface area contributed by atoms with Gasteiger partial charge in [-0.25, -0.2) is 0 Å². The highest BCUT2D eigenvalue weighted by molar-refractivity contribution is 5.75. The molecule has 0 saturated carbocycles. The van der Waals surface area contributed by atoms with Gasteiger partial charge >= 0.3 is 0 Å². The summed E-state index contributed by atoms with van der Waals surface area (Å²) in [7, 11) is 0. The summed E-state index contributed by atoms with van der Waals surface area (Å²) in [6.07, 6.45) is 4.86. The van der Waals surface area contributed by atoms with Crippen LogP contribution in [0.1, 0.15) is 57.6 Å². The number of amides is 1. The van der Waals surface area contributed by atoms with Crippen molar-refractivity contribution in [2.75, 3.05) is 13.2 Å². The van der Waals surface area contributed by atoms with Crippen molar-refractivity contribution in [1.82, 2.24) is 4.90 Å². The van der Waals surface area contributed by atoms with Gasteiger partial charge in [0.25, 0.3) is 0 Å². The molecule has 1 aliphatic heterocycles. The van der Waals surface area contributed by atoms with Gasteiger partial charge in [0.1, 0.15) is 0 Å². The van der Waals surface area contributed by atoms with Crippen LogP contribution in [0.15, 0.2) is 60.7 Å². The van der Waals surface area contributed by atoms with Crippen LogP contribution in [-0.4, -0.2) is 29.6 Å². The van der Waals surface area contributed by atoms with E-state index in [2.05, 4.69) is 61.2 Å². The van der Waals surface area contributed by atoms with Gasteiger partial charge in [0.2, 0.25) is 5.91 Å². The number of hydrogen-bond acceptors (Lipinski definition) is 2. The second-order valence-electron chi connectivity index (χ2n) is 9.25. The van der Waals surface area contributed by atoms with E-state index in [1.165, 1.54) is 11.1 Å². The van der Waals surface area contributed by atoms with Gasteiger partial charge in [0.05, 0.1) is 5.60 Å². The maximum atomic E-state index is 12.7. The lowest BCUT2D eigenvalue weighted by Gasteiger charge is -2.40.